The van der Waals surface area contributed by atoms with Gasteiger partial charge in [0.05, 0.1) is 7.11 Å². The average Bonchev–Trinajstić information content (AvgIpc) is 2.76. The number of methoxy groups -OCH3 is 1. The van der Waals surface area contributed by atoms with Crippen molar-refractivity contribution in [3.05, 3.63) is 64.7 Å². The Morgan fingerprint density at radius 1 is 1.15 bits per heavy atom. The van der Waals surface area contributed by atoms with Crippen LogP contribution in [0, 0.1) is 6.92 Å². The van der Waals surface area contributed by atoms with Gasteiger partial charge in [0, 0.05) is 5.56 Å². The molecule has 0 aliphatic carbocycles. The van der Waals surface area contributed by atoms with E-state index in [0.717, 1.165) is 16.7 Å². The third kappa shape index (κ3) is 2.07. The minimum atomic E-state index is -0.364. The van der Waals surface area contributed by atoms with Crippen LogP contribution in [0.4, 0.5) is 0 Å². The van der Waals surface area contributed by atoms with Crippen molar-refractivity contribution in [1.82, 2.24) is 0 Å². The zero-order valence-corrected chi connectivity index (χ0v) is 11.3. The summed E-state index contributed by atoms with van der Waals surface area (Å²) < 4.78 is 10.6. The molecular weight excluding hydrogens is 252 g/mol. The van der Waals surface area contributed by atoms with Gasteiger partial charge in [-0.3, -0.25) is 0 Å². The Labute approximate surface area is 117 Å². The topological polar surface area (TPSA) is 35.5 Å². The number of fused-ring (bicyclic) bond motifs is 1. The Morgan fingerprint density at radius 3 is 2.70 bits per heavy atom. The number of hydrogen-bond donors (Lipinski definition) is 0. The van der Waals surface area contributed by atoms with E-state index in [1.54, 1.807) is 13.2 Å². The van der Waals surface area contributed by atoms with Crippen molar-refractivity contribution in [2.45, 2.75) is 6.92 Å². The first-order valence-corrected chi connectivity index (χ1v) is 6.37. The minimum absolute atomic E-state index is 0.364. The normalized spacial score (nSPS) is 15.1. The van der Waals surface area contributed by atoms with E-state index in [2.05, 4.69) is 0 Å². The molecule has 1 heterocycles. The maximum atomic E-state index is 12.0. The van der Waals surface area contributed by atoms with Crippen molar-refractivity contribution >= 4 is 17.8 Å². The maximum absolute atomic E-state index is 12.0. The molecular formula is C17H14O3. The predicted octanol–water partition coefficient (Wildman–Crippen LogP) is 3.67. The number of ether oxygens (including phenoxy) is 2. The summed E-state index contributed by atoms with van der Waals surface area (Å²) in [4.78, 5) is 12.0. The molecule has 0 N–H and O–H groups in total. The van der Waals surface area contributed by atoms with E-state index in [9.17, 15) is 4.79 Å². The van der Waals surface area contributed by atoms with Crippen molar-refractivity contribution in [1.29, 1.82) is 0 Å². The molecule has 3 nitrogen and oxygen atoms in total. The van der Waals surface area contributed by atoms with Gasteiger partial charge in [0.15, 0.2) is 0 Å². The van der Waals surface area contributed by atoms with Gasteiger partial charge in [-0.05, 0) is 24.6 Å². The van der Waals surface area contributed by atoms with Gasteiger partial charge in [-0.15, -0.1) is 0 Å². The highest BCUT2D eigenvalue weighted by atomic mass is 16.5. The molecule has 20 heavy (non-hydrogen) atoms. The van der Waals surface area contributed by atoms with Gasteiger partial charge in [0.25, 0.3) is 0 Å². The fraction of sp³-hybridized carbons (Fsp3) is 0.118. The highest BCUT2D eigenvalue weighted by Crippen LogP contribution is 2.36. The first kappa shape index (κ1) is 12.5. The number of carbonyl (C=O) groups excluding carboxylic acids is 1. The number of cyclic esters (lactones) is 1. The summed E-state index contributed by atoms with van der Waals surface area (Å²) >= 11 is 0. The molecule has 2 aromatic rings. The van der Waals surface area contributed by atoms with E-state index < -0.39 is 0 Å². The number of esters is 1. The summed E-state index contributed by atoms with van der Waals surface area (Å²) in [7, 11) is 1.55. The molecule has 0 saturated carbocycles. The largest absolute Gasteiger partial charge is 0.496 e. The summed E-state index contributed by atoms with van der Waals surface area (Å²) in [5, 5.41) is 0. The van der Waals surface area contributed by atoms with E-state index in [-0.39, 0.29) is 5.97 Å². The van der Waals surface area contributed by atoms with Crippen LogP contribution in [0.5, 0.6) is 5.75 Å². The Balaban J connectivity index is 2.10. The van der Waals surface area contributed by atoms with Gasteiger partial charge < -0.3 is 9.47 Å². The number of aryl methyl sites for hydroxylation is 1. The molecule has 3 heteroatoms. The standard InChI is InChI=1S/C17H14O3/c1-11-5-3-6-12(9-11)10-15-13-7-4-8-14(19-2)16(13)17(18)20-15/h3-10H,1-2H3/b15-10-. The zero-order valence-electron chi connectivity index (χ0n) is 11.3. The predicted molar refractivity (Wildman–Crippen MR) is 77.5 cm³/mol. The molecule has 0 aromatic heterocycles. The molecule has 0 bridgehead atoms. The second-order valence-corrected chi connectivity index (χ2v) is 4.70. The van der Waals surface area contributed by atoms with Crippen LogP contribution >= 0.6 is 0 Å². The lowest BCUT2D eigenvalue weighted by atomic mass is 10.0. The third-order valence-electron chi connectivity index (χ3n) is 3.26. The summed E-state index contributed by atoms with van der Waals surface area (Å²) in [5.74, 6) is 0.742. The third-order valence-corrected chi connectivity index (χ3v) is 3.26. The number of carbonyl (C=O) groups is 1. The van der Waals surface area contributed by atoms with Gasteiger partial charge in [-0.1, -0.05) is 42.0 Å². The lowest BCUT2D eigenvalue weighted by molar-refractivity contribution is 0.0714. The molecule has 100 valence electrons. The second kappa shape index (κ2) is 4.85. The van der Waals surface area contributed by atoms with Gasteiger partial charge in [-0.25, -0.2) is 4.79 Å². The second-order valence-electron chi connectivity index (χ2n) is 4.70. The van der Waals surface area contributed by atoms with Gasteiger partial charge in [-0.2, -0.15) is 0 Å². The zero-order chi connectivity index (χ0) is 14.1. The van der Waals surface area contributed by atoms with Gasteiger partial charge in [0.2, 0.25) is 0 Å². The van der Waals surface area contributed by atoms with Gasteiger partial charge in [0.1, 0.15) is 17.1 Å². The molecule has 1 aliphatic rings. The Bertz CT molecular complexity index is 714. The quantitative estimate of drug-likeness (QED) is 0.778. The minimum Gasteiger partial charge on any atom is -0.496 e. The summed E-state index contributed by atoms with van der Waals surface area (Å²) in [6.45, 7) is 2.03. The van der Waals surface area contributed by atoms with Crippen LogP contribution in [0.15, 0.2) is 42.5 Å². The van der Waals surface area contributed by atoms with Crippen molar-refractivity contribution in [3.63, 3.8) is 0 Å². The SMILES string of the molecule is COc1cccc2c1C(=O)O/C2=C\c1cccc(C)c1. The Kier molecular flexibility index (Phi) is 3.03. The fourth-order valence-corrected chi connectivity index (χ4v) is 2.34. The highest BCUT2D eigenvalue weighted by Gasteiger charge is 2.29. The van der Waals surface area contributed by atoms with Crippen LogP contribution in [0.2, 0.25) is 0 Å². The fourth-order valence-electron chi connectivity index (χ4n) is 2.34. The number of hydrogen-bond acceptors (Lipinski definition) is 3. The summed E-state index contributed by atoms with van der Waals surface area (Å²) in [6, 6.07) is 13.5. The lowest BCUT2D eigenvalue weighted by Gasteiger charge is -2.02. The Hall–Kier alpha value is -2.55. The number of benzene rings is 2. The van der Waals surface area contributed by atoms with Gasteiger partial charge >= 0.3 is 5.97 Å². The molecule has 0 fully saturated rings. The first-order chi connectivity index (χ1) is 9.69. The molecule has 3 rings (SSSR count). The molecule has 0 spiro atoms. The highest BCUT2D eigenvalue weighted by molar-refractivity contribution is 6.07. The van der Waals surface area contributed by atoms with Crippen molar-refractivity contribution < 1.29 is 14.3 Å². The first-order valence-electron chi connectivity index (χ1n) is 6.37. The average molecular weight is 266 g/mol. The monoisotopic (exact) mass is 266 g/mol. The van der Waals surface area contributed by atoms with Crippen LogP contribution < -0.4 is 4.74 Å². The molecule has 2 aromatic carbocycles. The van der Waals surface area contributed by atoms with Crippen molar-refractivity contribution in [2.75, 3.05) is 7.11 Å². The smallest absolute Gasteiger partial charge is 0.348 e. The molecule has 1 aliphatic heterocycles. The molecule has 0 radical (unpaired) electrons. The molecule has 0 saturated heterocycles. The number of rotatable bonds is 2. The van der Waals surface area contributed by atoms with E-state index in [4.69, 9.17) is 9.47 Å². The Morgan fingerprint density at radius 2 is 1.95 bits per heavy atom. The van der Waals surface area contributed by atoms with E-state index in [1.807, 2.05) is 49.4 Å². The maximum Gasteiger partial charge on any atom is 0.348 e. The lowest BCUT2D eigenvalue weighted by Crippen LogP contribution is -1.97. The molecule has 0 atom stereocenters. The summed E-state index contributed by atoms with van der Waals surface area (Å²) in [6.07, 6.45) is 1.87. The van der Waals surface area contributed by atoms with E-state index in [1.165, 1.54) is 0 Å². The van der Waals surface area contributed by atoms with Crippen molar-refractivity contribution in [3.8, 4) is 5.75 Å². The molecule has 0 amide bonds. The van der Waals surface area contributed by atoms with Crippen LogP contribution in [-0.4, -0.2) is 13.1 Å². The van der Waals surface area contributed by atoms with Crippen LogP contribution in [0.25, 0.3) is 11.8 Å². The van der Waals surface area contributed by atoms with Crippen LogP contribution in [-0.2, 0) is 4.74 Å². The van der Waals surface area contributed by atoms with Crippen molar-refractivity contribution in [2.24, 2.45) is 0 Å². The van der Waals surface area contributed by atoms with Crippen LogP contribution in [0.1, 0.15) is 27.0 Å². The van der Waals surface area contributed by atoms with E-state index in [0.29, 0.717) is 17.1 Å². The van der Waals surface area contributed by atoms with E-state index >= 15 is 0 Å². The summed E-state index contributed by atoms with van der Waals surface area (Å²) in [5.41, 5.74) is 3.43. The van der Waals surface area contributed by atoms with Crippen LogP contribution in [0.3, 0.4) is 0 Å². The molecule has 0 unspecified atom stereocenters.